The largest absolute Gasteiger partial charge is 0.330 e. The first-order valence-electron chi connectivity index (χ1n) is 7.48. The minimum Gasteiger partial charge on any atom is -0.330 e. The van der Waals surface area contributed by atoms with Gasteiger partial charge >= 0.3 is 0 Å². The van der Waals surface area contributed by atoms with E-state index in [0.29, 0.717) is 5.92 Å². The van der Waals surface area contributed by atoms with Crippen molar-refractivity contribution in [1.82, 2.24) is 5.32 Å². The molecular formula is C17H30N2. The maximum Gasteiger partial charge on any atom is 0.00147 e. The van der Waals surface area contributed by atoms with E-state index in [1.165, 1.54) is 17.5 Å². The van der Waals surface area contributed by atoms with Gasteiger partial charge in [-0.1, -0.05) is 52.0 Å². The number of nitrogens with two attached hydrogens (primary N) is 1. The zero-order chi connectivity index (χ0) is 14.3. The Balaban J connectivity index is 2.34. The van der Waals surface area contributed by atoms with E-state index >= 15 is 0 Å². The highest BCUT2D eigenvalue weighted by atomic mass is 14.9. The van der Waals surface area contributed by atoms with Gasteiger partial charge in [-0.15, -0.1) is 0 Å². The predicted octanol–water partition coefficient (Wildman–Crippen LogP) is 3.32. The molecular weight excluding hydrogens is 232 g/mol. The molecule has 1 unspecified atom stereocenters. The molecule has 0 amide bonds. The van der Waals surface area contributed by atoms with Crippen molar-refractivity contribution in [1.29, 1.82) is 0 Å². The minimum absolute atomic E-state index is 0.195. The van der Waals surface area contributed by atoms with Crippen LogP contribution in [0, 0.1) is 5.41 Å². The zero-order valence-corrected chi connectivity index (χ0v) is 13.0. The van der Waals surface area contributed by atoms with Gasteiger partial charge in [-0.3, -0.25) is 0 Å². The van der Waals surface area contributed by atoms with E-state index in [-0.39, 0.29) is 5.41 Å². The number of hydrogen-bond acceptors (Lipinski definition) is 2. The average Bonchev–Trinajstić information content (AvgIpc) is 2.43. The normalized spacial score (nSPS) is 13.5. The molecule has 0 heterocycles. The molecule has 1 rings (SSSR count). The lowest BCUT2D eigenvalue weighted by atomic mass is 9.94. The molecule has 0 spiro atoms. The summed E-state index contributed by atoms with van der Waals surface area (Å²) in [4.78, 5) is 0. The molecule has 1 atom stereocenters. The molecule has 0 aromatic heterocycles. The second kappa shape index (κ2) is 7.66. The number of hydrogen-bond donors (Lipinski definition) is 2. The molecule has 19 heavy (non-hydrogen) atoms. The summed E-state index contributed by atoms with van der Waals surface area (Å²) in [5.74, 6) is 0.664. The van der Waals surface area contributed by atoms with Crippen molar-refractivity contribution in [2.24, 2.45) is 11.1 Å². The van der Waals surface area contributed by atoms with Gasteiger partial charge in [0, 0.05) is 6.54 Å². The first-order chi connectivity index (χ1) is 8.98. The Morgan fingerprint density at radius 2 is 1.84 bits per heavy atom. The van der Waals surface area contributed by atoms with Crippen molar-refractivity contribution >= 4 is 0 Å². The molecule has 0 aliphatic carbocycles. The molecule has 1 aromatic rings. The van der Waals surface area contributed by atoms with Crippen molar-refractivity contribution in [3.63, 3.8) is 0 Å². The van der Waals surface area contributed by atoms with Gasteiger partial charge in [-0.2, -0.15) is 0 Å². The Kier molecular flexibility index (Phi) is 6.53. The first-order valence-corrected chi connectivity index (χ1v) is 7.48. The highest BCUT2D eigenvalue weighted by molar-refractivity contribution is 5.25. The van der Waals surface area contributed by atoms with E-state index in [1.807, 2.05) is 0 Å². The third-order valence-corrected chi connectivity index (χ3v) is 3.91. The van der Waals surface area contributed by atoms with Crippen LogP contribution in [0.4, 0.5) is 0 Å². The monoisotopic (exact) mass is 262 g/mol. The first kappa shape index (κ1) is 16.2. The van der Waals surface area contributed by atoms with Crippen LogP contribution in [-0.2, 0) is 6.42 Å². The van der Waals surface area contributed by atoms with Gasteiger partial charge in [-0.05, 0) is 48.4 Å². The molecule has 2 nitrogen and oxygen atoms in total. The lowest BCUT2D eigenvalue weighted by molar-refractivity contribution is 0.353. The van der Waals surface area contributed by atoms with Gasteiger partial charge in [0.2, 0.25) is 0 Å². The van der Waals surface area contributed by atoms with Gasteiger partial charge in [0.25, 0.3) is 0 Å². The molecule has 0 saturated heterocycles. The van der Waals surface area contributed by atoms with Crippen LogP contribution in [0.25, 0.3) is 0 Å². The van der Waals surface area contributed by atoms with E-state index in [2.05, 4.69) is 57.3 Å². The topological polar surface area (TPSA) is 38.0 Å². The molecule has 0 aliphatic rings. The summed E-state index contributed by atoms with van der Waals surface area (Å²) in [6.07, 6.45) is 2.29. The molecule has 0 aliphatic heterocycles. The fourth-order valence-electron chi connectivity index (χ4n) is 1.98. The molecule has 0 fully saturated rings. The zero-order valence-electron chi connectivity index (χ0n) is 13.0. The summed E-state index contributed by atoms with van der Waals surface area (Å²) in [5.41, 5.74) is 8.77. The van der Waals surface area contributed by atoms with Crippen LogP contribution >= 0.6 is 0 Å². The smallest absolute Gasteiger partial charge is 0.00147 e. The minimum atomic E-state index is 0.195. The molecule has 0 radical (unpaired) electrons. The lowest BCUT2D eigenvalue weighted by Crippen LogP contribution is -2.36. The highest BCUT2D eigenvalue weighted by Crippen LogP contribution is 2.18. The van der Waals surface area contributed by atoms with Crippen molar-refractivity contribution in [2.75, 3.05) is 19.6 Å². The van der Waals surface area contributed by atoms with Gasteiger partial charge in [0.15, 0.2) is 0 Å². The van der Waals surface area contributed by atoms with E-state index < -0.39 is 0 Å². The van der Waals surface area contributed by atoms with E-state index in [9.17, 15) is 0 Å². The summed E-state index contributed by atoms with van der Waals surface area (Å²) in [7, 11) is 0. The van der Waals surface area contributed by atoms with Crippen molar-refractivity contribution in [2.45, 2.75) is 46.5 Å². The summed E-state index contributed by atoms with van der Waals surface area (Å²) >= 11 is 0. The van der Waals surface area contributed by atoms with Crippen LogP contribution in [0.5, 0.6) is 0 Å². The molecule has 1 aromatic carbocycles. The van der Waals surface area contributed by atoms with Crippen LogP contribution in [0.15, 0.2) is 24.3 Å². The average molecular weight is 262 g/mol. The number of rotatable bonds is 8. The van der Waals surface area contributed by atoms with Crippen LogP contribution in [0.2, 0.25) is 0 Å². The molecule has 0 saturated carbocycles. The predicted molar refractivity (Wildman–Crippen MR) is 84.6 cm³/mol. The second-order valence-electron chi connectivity index (χ2n) is 6.35. The van der Waals surface area contributed by atoms with Gasteiger partial charge in [-0.25, -0.2) is 0 Å². The van der Waals surface area contributed by atoms with Gasteiger partial charge in [0.05, 0.1) is 0 Å². The van der Waals surface area contributed by atoms with E-state index in [0.717, 1.165) is 26.1 Å². The fraction of sp³-hybridized carbons (Fsp3) is 0.647. The summed E-state index contributed by atoms with van der Waals surface area (Å²) < 4.78 is 0. The maximum absolute atomic E-state index is 5.72. The third kappa shape index (κ3) is 5.75. The van der Waals surface area contributed by atoms with E-state index in [1.54, 1.807) is 0 Å². The van der Waals surface area contributed by atoms with Gasteiger partial charge < -0.3 is 11.1 Å². The molecule has 2 heteroatoms. The van der Waals surface area contributed by atoms with Gasteiger partial charge in [0.1, 0.15) is 0 Å². The maximum atomic E-state index is 5.72. The lowest BCUT2D eigenvalue weighted by Gasteiger charge is -2.22. The number of benzene rings is 1. The van der Waals surface area contributed by atoms with Crippen LogP contribution in [0.3, 0.4) is 0 Å². The van der Waals surface area contributed by atoms with Crippen molar-refractivity contribution in [3.05, 3.63) is 35.4 Å². The quantitative estimate of drug-likeness (QED) is 0.705. The molecule has 3 N–H and O–H groups in total. The Morgan fingerprint density at radius 3 is 2.37 bits per heavy atom. The number of nitrogens with one attached hydrogen (secondary N) is 1. The third-order valence-electron chi connectivity index (χ3n) is 3.91. The molecule has 108 valence electrons. The molecule has 0 bridgehead atoms. The van der Waals surface area contributed by atoms with Crippen molar-refractivity contribution in [3.8, 4) is 0 Å². The highest BCUT2D eigenvalue weighted by Gasteiger charge is 2.14. The van der Waals surface area contributed by atoms with Crippen LogP contribution in [0.1, 0.15) is 51.2 Å². The van der Waals surface area contributed by atoms with Crippen LogP contribution < -0.4 is 11.1 Å². The Labute approximate surface area is 118 Å². The van der Waals surface area contributed by atoms with Crippen molar-refractivity contribution < 1.29 is 0 Å². The van der Waals surface area contributed by atoms with Crippen LogP contribution in [-0.4, -0.2) is 19.6 Å². The summed E-state index contributed by atoms with van der Waals surface area (Å²) in [5, 5.41) is 3.49. The summed E-state index contributed by atoms with van der Waals surface area (Å²) in [6, 6.07) is 9.06. The SMILES string of the molecule is CCC(C)c1ccc(CCNCC(C)(C)CN)cc1. The Bertz CT molecular complexity index is 354. The fourth-order valence-corrected chi connectivity index (χ4v) is 1.98. The Hall–Kier alpha value is -0.860. The second-order valence-corrected chi connectivity index (χ2v) is 6.35. The Morgan fingerprint density at radius 1 is 1.21 bits per heavy atom. The van der Waals surface area contributed by atoms with E-state index in [4.69, 9.17) is 5.73 Å². The standard InChI is InChI=1S/C17H30N2/c1-5-14(2)16-8-6-15(7-9-16)10-11-19-13-17(3,4)12-18/h6-9,14,19H,5,10-13,18H2,1-4H3. The summed E-state index contributed by atoms with van der Waals surface area (Å²) in [6.45, 7) is 11.6.